The fourth-order valence-corrected chi connectivity index (χ4v) is 2.66. The molecular weight excluding hydrogens is 254 g/mol. The smallest absolute Gasteiger partial charge is 0.309 e. The van der Waals surface area contributed by atoms with Crippen molar-refractivity contribution in [3.63, 3.8) is 0 Å². The summed E-state index contributed by atoms with van der Waals surface area (Å²) < 4.78 is 49.3. The normalized spacial score (nSPS) is 12.4. The van der Waals surface area contributed by atoms with Crippen LogP contribution in [0.2, 0.25) is 0 Å². The molecule has 1 aromatic rings. The van der Waals surface area contributed by atoms with Crippen molar-refractivity contribution < 1.29 is 27.1 Å². The molecule has 0 atom stereocenters. The van der Waals surface area contributed by atoms with Crippen LogP contribution in [0.3, 0.4) is 0 Å². The molecule has 0 aromatic heterocycles. The summed E-state index contributed by atoms with van der Waals surface area (Å²) in [6.07, 6.45) is -1.50. The average Bonchev–Trinajstić information content (AvgIpc) is 2.15. The molecule has 0 saturated heterocycles. The largest absolute Gasteiger partial charge is 0.481 e. The van der Waals surface area contributed by atoms with Crippen LogP contribution in [0.15, 0.2) is 35.2 Å². The fourth-order valence-electron chi connectivity index (χ4n) is 1.26. The second kappa shape index (κ2) is 4.79. The van der Waals surface area contributed by atoms with Gasteiger partial charge >= 0.3 is 5.97 Å². The van der Waals surface area contributed by atoms with Gasteiger partial charge in [-0.2, -0.15) is 0 Å². The van der Waals surface area contributed by atoms with Crippen LogP contribution in [0.5, 0.6) is 0 Å². The Hall–Kier alpha value is -1.50. The van der Waals surface area contributed by atoms with Crippen molar-refractivity contribution >= 4 is 15.8 Å². The Bertz CT molecular complexity index is 496. The number of hydrogen-bond donors (Lipinski definition) is 1. The third kappa shape index (κ3) is 4.10. The predicted molar refractivity (Wildman–Crippen MR) is 55.7 cm³/mol. The second-order valence-corrected chi connectivity index (χ2v) is 5.49. The molecule has 0 fully saturated rings. The first kappa shape index (κ1) is 13.6. The minimum Gasteiger partial charge on any atom is -0.481 e. The standard InChI is InChI=1S/C10H10F2O4S/c11-10(12,6-9(13)14)7-17(15,16)8-4-2-1-3-5-8/h1-5H,6-7H2,(H,13,14). The third-order valence-electron chi connectivity index (χ3n) is 1.91. The molecule has 0 aliphatic rings. The van der Waals surface area contributed by atoms with E-state index in [4.69, 9.17) is 5.11 Å². The third-order valence-corrected chi connectivity index (χ3v) is 3.71. The summed E-state index contributed by atoms with van der Waals surface area (Å²) in [5.41, 5.74) is 0. The zero-order chi connectivity index (χ0) is 13.1. The zero-order valence-electron chi connectivity index (χ0n) is 8.64. The molecule has 0 saturated carbocycles. The van der Waals surface area contributed by atoms with Gasteiger partial charge in [0.15, 0.2) is 9.84 Å². The SMILES string of the molecule is O=C(O)CC(F)(F)CS(=O)(=O)c1ccccc1. The molecule has 1 rings (SSSR count). The van der Waals surface area contributed by atoms with Gasteiger partial charge in [-0.15, -0.1) is 0 Å². The molecule has 0 aliphatic heterocycles. The highest BCUT2D eigenvalue weighted by atomic mass is 32.2. The van der Waals surface area contributed by atoms with Crippen LogP contribution >= 0.6 is 0 Å². The second-order valence-electron chi connectivity index (χ2n) is 3.50. The van der Waals surface area contributed by atoms with Gasteiger partial charge in [0.2, 0.25) is 0 Å². The number of rotatable bonds is 5. The summed E-state index contributed by atoms with van der Waals surface area (Å²) in [5.74, 6) is -7.02. The molecule has 0 amide bonds. The molecule has 4 nitrogen and oxygen atoms in total. The van der Waals surface area contributed by atoms with Crippen LogP contribution in [-0.2, 0) is 14.6 Å². The molecule has 1 N–H and O–H groups in total. The summed E-state index contributed by atoms with van der Waals surface area (Å²) in [7, 11) is -4.18. The molecule has 94 valence electrons. The molecule has 0 bridgehead atoms. The van der Waals surface area contributed by atoms with E-state index in [9.17, 15) is 22.0 Å². The van der Waals surface area contributed by atoms with Crippen molar-refractivity contribution in [2.75, 3.05) is 5.75 Å². The summed E-state index contributed by atoms with van der Waals surface area (Å²) >= 11 is 0. The first-order valence-electron chi connectivity index (χ1n) is 4.60. The van der Waals surface area contributed by atoms with Crippen LogP contribution in [0, 0.1) is 0 Å². The lowest BCUT2D eigenvalue weighted by atomic mass is 10.3. The first-order valence-corrected chi connectivity index (χ1v) is 6.26. The highest BCUT2D eigenvalue weighted by Crippen LogP contribution is 2.24. The maximum absolute atomic E-state index is 13.1. The van der Waals surface area contributed by atoms with Crippen molar-refractivity contribution in [2.45, 2.75) is 17.2 Å². The van der Waals surface area contributed by atoms with Gasteiger partial charge in [-0.25, -0.2) is 17.2 Å². The van der Waals surface area contributed by atoms with Gasteiger partial charge in [0.05, 0.1) is 4.90 Å². The number of alkyl halides is 2. The van der Waals surface area contributed by atoms with Gasteiger partial charge in [-0.1, -0.05) is 18.2 Å². The Kier molecular flexibility index (Phi) is 3.82. The summed E-state index contributed by atoms with van der Waals surface area (Å²) in [5, 5.41) is 8.24. The van der Waals surface area contributed by atoms with Crippen molar-refractivity contribution in [3.05, 3.63) is 30.3 Å². The van der Waals surface area contributed by atoms with Gasteiger partial charge in [0.25, 0.3) is 5.92 Å². The summed E-state index contributed by atoms with van der Waals surface area (Å²) in [4.78, 5) is 9.92. The minimum absolute atomic E-state index is 0.245. The molecule has 1 aromatic carbocycles. The minimum atomic E-state index is -4.18. The van der Waals surface area contributed by atoms with E-state index in [2.05, 4.69) is 0 Å². The zero-order valence-corrected chi connectivity index (χ0v) is 9.45. The maximum atomic E-state index is 13.1. The molecule has 0 heterocycles. The summed E-state index contributed by atoms with van der Waals surface area (Å²) in [6, 6.07) is 6.73. The quantitative estimate of drug-likeness (QED) is 0.876. The lowest BCUT2D eigenvalue weighted by molar-refractivity contribution is -0.143. The number of carbonyl (C=O) groups is 1. The number of carboxylic acids is 1. The fraction of sp³-hybridized carbons (Fsp3) is 0.300. The topological polar surface area (TPSA) is 71.4 Å². The molecule has 0 aliphatic carbocycles. The predicted octanol–water partition coefficient (Wildman–Crippen LogP) is 1.57. The lowest BCUT2D eigenvalue weighted by Gasteiger charge is -2.14. The van der Waals surface area contributed by atoms with Gasteiger partial charge in [0.1, 0.15) is 12.2 Å². The Balaban J connectivity index is 2.91. The molecule has 7 heteroatoms. The van der Waals surface area contributed by atoms with E-state index >= 15 is 0 Å². The molecular formula is C10H10F2O4S. The van der Waals surface area contributed by atoms with E-state index < -0.39 is 33.9 Å². The van der Waals surface area contributed by atoms with E-state index in [0.717, 1.165) is 0 Å². The van der Waals surface area contributed by atoms with Gasteiger partial charge in [0, 0.05) is 0 Å². The van der Waals surface area contributed by atoms with Crippen molar-refractivity contribution in [2.24, 2.45) is 0 Å². The number of carboxylic acid groups (broad SMARTS) is 1. The first-order chi connectivity index (χ1) is 7.73. The van der Waals surface area contributed by atoms with E-state index in [1.165, 1.54) is 24.3 Å². The maximum Gasteiger partial charge on any atom is 0.309 e. The van der Waals surface area contributed by atoms with Gasteiger partial charge < -0.3 is 5.11 Å². The number of benzene rings is 1. The van der Waals surface area contributed by atoms with E-state index in [0.29, 0.717) is 0 Å². The van der Waals surface area contributed by atoms with Crippen LogP contribution in [-0.4, -0.2) is 31.2 Å². The van der Waals surface area contributed by atoms with Crippen molar-refractivity contribution in [1.29, 1.82) is 0 Å². The Morgan fingerprint density at radius 1 is 1.24 bits per heavy atom. The number of sulfone groups is 1. The molecule has 0 unspecified atom stereocenters. The number of aliphatic carboxylic acids is 1. The monoisotopic (exact) mass is 264 g/mol. The van der Waals surface area contributed by atoms with Gasteiger partial charge in [-0.05, 0) is 12.1 Å². The average molecular weight is 264 g/mol. The van der Waals surface area contributed by atoms with Crippen LogP contribution in [0.4, 0.5) is 8.78 Å². The highest BCUT2D eigenvalue weighted by Gasteiger charge is 2.38. The van der Waals surface area contributed by atoms with Gasteiger partial charge in [-0.3, -0.25) is 4.79 Å². The van der Waals surface area contributed by atoms with E-state index in [1.807, 2.05) is 0 Å². The Morgan fingerprint density at radius 2 is 1.76 bits per heavy atom. The van der Waals surface area contributed by atoms with E-state index in [-0.39, 0.29) is 4.90 Å². The molecule has 0 spiro atoms. The number of hydrogen-bond acceptors (Lipinski definition) is 3. The number of halogens is 2. The van der Waals surface area contributed by atoms with Crippen LogP contribution in [0.1, 0.15) is 6.42 Å². The highest BCUT2D eigenvalue weighted by molar-refractivity contribution is 7.91. The van der Waals surface area contributed by atoms with Crippen molar-refractivity contribution in [1.82, 2.24) is 0 Å². The van der Waals surface area contributed by atoms with Crippen LogP contribution < -0.4 is 0 Å². The lowest BCUT2D eigenvalue weighted by Crippen LogP contribution is -2.30. The van der Waals surface area contributed by atoms with Crippen molar-refractivity contribution in [3.8, 4) is 0 Å². The summed E-state index contributed by atoms with van der Waals surface area (Å²) in [6.45, 7) is 0. The Labute approximate surface area is 96.8 Å². The van der Waals surface area contributed by atoms with E-state index in [1.54, 1.807) is 6.07 Å². The molecule has 17 heavy (non-hydrogen) atoms. The van der Waals surface area contributed by atoms with Crippen LogP contribution in [0.25, 0.3) is 0 Å². The Morgan fingerprint density at radius 3 is 2.24 bits per heavy atom. The molecule has 0 radical (unpaired) electrons.